The minimum Gasteiger partial charge on any atom is -0.437 e. The summed E-state index contributed by atoms with van der Waals surface area (Å²) in [5.74, 6) is 1.48. The minimum atomic E-state index is 0.330. The number of pyridine rings is 1. The molecule has 19 heavy (non-hydrogen) atoms. The van der Waals surface area contributed by atoms with Crippen LogP contribution in [0, 0.1) is 6.92 Å². The first-order valence-electron chi connectivity index (χ1n) is 6.17. The van der Waals surface area contributed by atoms with Gasteiger partial charge in [-0.1, -0.05) is 25.4 Å². The molecule has 3 nitrogen and oxygen atoms in total. The maximum Gasteiger partial charge on any atom is 0.242 e. The third kappa shape index (κ3) is 2.99. The summed E-state index contributed by atoms with van der Waals surface area (Å²) < 4.78 is 5.79. The van der Waals surface area contributed by atoms with Crippen molar-refractivity contribution in [3.8, 4) is 11.6 Å². The molecule has 100 valence electrons. The lowest BCUT2D eigenvalue weighted by Gasteiger charge is -2.14. The molecule has 0 bridgehead atoms. The average Bonchev–Trinajstić information content (AvgIpc) is 2.34. The molecule has 0 aliphatic carbocycles. The van der Waals surface area contributed by atoms with Gasteiger partial charge < -0.3 is 10.5 Å². The highest BCUT2D eigenvalue weighted by Gasteiger charge is 2.12. The predicted molar refractivity (Wildman–Crippen MR) is 79.0 cm³/mol. The molecular formula is C15H17ClN2O. The van der Waals surface area contributed by atoms with Gasteiger partial charge in [-0.2, -0.15) is 0 Å². The van der Waals surface area contributed by atoms with Crippen molar-refractivity contribution in [2.75, 3.05) is 5.73 Å². The summed E-state index contributed by atoms with van der Waals surface area (Å²) in [7, 11) is 0. The van der Waals surface area contributed by atoms with Crippen molar-refractivity contribution < 1.29 is 4.74 Å². The molecule has 0 fully saturated rings. The summed E-state index contributed by atoms with van der Waals surface area (Å²) in [6.45, 7) is 6.13. The number of hydrogen-bond donors (Lipinski definition) is 1. The molecule has 0 aliphatic heterocycles. The highest BCUT2D eigenvalue weighted by atomic mass is 35.5. The first kappa shape index (κ1) is 13.7. The number of nitrogen functional groups attached to an aromatic ring is 1. The zero-order valence-corrected chi connectivity index (χ0v) is 12.0. The largest absolute Gasteiger partial charge is 0.437 e. The van der Waals surface area contributed by atoms with Crippen molar-refractivity contribution in [2.24, 2.45) is 0 Å². The van der Waals surface area contributed by atoms with Gasteiger partial charge in [-0.25, -0.2) is 4.98 Å². The summed E-state index contributed by atoms with van der Waals surface area (Å²) in [4.78, 5) is 4.13. The van der Waals surface area contributed by atoms with Crippen LogP contribution in [0.4, 0.5) is 5.69 Å². The molecule has 1 aromatic heterocycles. The number of nitrogens with zero attached hydrogens (tertiary/aromatic N) is 1. The fourth-order valence-electron chi connectivity index (χ4n) is 1.81. The second kappa shape index (κ2) is 5.49. The van der Waals surface area contributed by atoms with Crippen LogP contribution in [0.1, 0.15) is 30.9 Å². The Labute approximate surface area is 118 Å². The maximum atomic E-state index is 6.23. The Morgan fingerprint density at radius 3 is 2.68 bits per heavy atom. The highest BCUT2D eigenvalue weighted by molar-refractivity contribution is 6.31. The number of rotatable bonds is 3. The number of nitrogens with two attached hydrogens (primary N) is 1. The van der Waals surface area contributed by atoms with Crippen LogP contribution in [0.5, 0.6) is 11.6 Å². The van der Waals surface area contributed by atoms with Crippen LogP contribution >= 0.6 is 11.6 Å². The zero-order chi connectivity index (χ0) is 14.0. The fraction of sp³-hybridized carbons (Fsp3) is 0.267. The lowest BCUT2D eigenvalue weighted by molar-refractivity contribution is 0.461. The molecule has 0 amide bonds. The van der Waals surface area contributed by atoms with Gasteiger partial charge in [0, 0.05) is 11.2 Å². The van der Waals surface area contributed by atoms with Gasteiger partial charge in [0.25, 0.3) is 0 Å². The van der Waals surface area contributed by atoms with E-state index < -0.39 is 0 Å². The van der Waals surface area contributed by atoms with E-state index in [0.717, 1.165) is 21.9 Å². The van der Waals surface area contributed by atoms with E-state index in [1.807, 2.05) is 19.1 Å². The van der Waals surface area contributed by atoms with E-state index >= 15 is 0 Å². The average molecular weight is 277 g/mol. The summed E-state index contributed by atoms with van der Waals surface area (Å²) in [6.07, 6.45) is 1.65. The van der Waals surface area contributed by atoms with Gasteiger partial charge in [-0.05, 0) is 48.2 Å². The van der Waals surface area contributed by atoms with Gasteiger partial charge in [0.2, 0.25) is 5.88 Å². The summed E-state index contributed by atoms with van der Waals surface area (Å²) in [5.41, 5.74) is 8.36. The first-order chi connectivity index (χ1) is 8.99. The molecule has 1 heterocycles. The minimum absolute atomic E-state index is 0.330. The second-order valence-electron chi connectivity index (χ2n) is 4.79. The third-order valence-electron chi connectivity index (χ3n) is 2.92. The molecule has 0 saturated heterocycles. The normalized spacial score (nSPS) is 10.8. The van der Waals surface area contributed by atoms with Crippen LogP contribution in [-0.2, 0) is 0 Å². The molecule has 0 spiro atoms. The molecule has 0 radical (unpaired) electrons. The Kier molecular flexibility index (Phi) is 3.96. The molecule has 2 aromatic rings. The fourth-order valence-corrected chi connectivity index (χ4v) is 2.25. The Morgan fingerprint density at radius 1 is 1.32 bits per heavy atom. The number of anilines is 1. The van der Waals surface area contributed by atoms with Crippen molar-refractivity contribution in [1.29, 1.82) is 0 Å². The third-order valence-corrected chi connectivity index (χ3v) is 3.25. The molecule has 1 aromatic carbocycles. The van der Waals surface area contributed by atoms with Crippen LogP contribution in [-0.4, -0.2) is 4.98 Å². The van der Waals surface area contributed by atoms with Crippen molar-refractivity contribution in [2.45, 2.75) is 26.7 Å². The molecule has 4 heteroatoms. The topological polar surface area (TPSA) is 48.1 Å². The van der Waals surface area contributed by atoms with Crippen molar-refractivity contribution in [3.05, 3.63) is 46.6 Å². The lowest BCUT2D eigenvalue weighted by atomic mass is 10.0. The molecule has 2 rings (SSSR count). The summed E-state index contributed by atoms with van der Waals surface area (Å²) in [6, 6.07) is 7.40. The molecule has 0 aliphatic rings. The highest BCUT2D eigenvalue weighted by Crippen LogP contribution is 2.34. The van der Waals surface area contributed by atoms with E-state index in [1.165, 1.54) is 0 Å². The van der Waals surface area contributed by atoms with Crippen molar-refractivity contribution >= 4 is 17.3 Å². The number of ether oxygens (including phenoxy) is 1. The van der Waals surface area contributed by atoms with Gasteiger partial charge in [0.1, 0.15) is 5.75 Å². The molecule has 2 N–H and O–H groups in total. The predicted octanol–water partition coefficient (Wildman–Crippen LogP) is 4.54. The van der Waals surface area contributed by atoms with E-state index in [4.69, 9.17) is 22.1 Å². The van der Waals surface area contributed by atoms with Gasteiger partial charge in [0.15, 0.2) is 0 Å². The Morgan fingerprint density at radius 2 is 2.05 bits per heavy atom. The molecule has 0 atom stereocenters. The number of halogens is 1. The van der Waals surface area contributed by atoms with E-state index in [-0.39, 0.29) is 0 Å². The molecular weight excluding hydrogens is 260 g/mol. The van der Waals surface area contributed by atoms with Crippen LogP contribution in [0.3, 0.4) is 0 Å². The van der Waals surface area contributed by atoms with Crippen LogP contribution in [0.2, 0.25) is 5.02 Å². The zero-order valence-electron chi connectivity index (χ0n) is 11.3. The van der Waals surface area contributed by atoms with E-state index in [2.05, 4.69) is 18.8 Å². The lowest BCUT2D eigenvalue weighted by Crippen LogP contribution is -1.98. The molecule has 0 saturated carbocycles. The SMILES string of the molecule is Cc1cc(Cl)c(C(C)C)cc1Oc1ncccc1N. The number of aromatic nitrogens is 1. The smallest absolute Gasteiger partial charge is 0.242 e. The van der Waals surface area contributed by atoms with Crippen LogP contribution in [0.25, 0.3) is 0 Å². The molecule has 0 unspecified atom stereocenters. The second-order valence-corrected chi connectivity index (χ2v) is 5.20. The van der Waals surface area contributed by atoms with Crippen molar-refractivity contribution in [1.82, 2.24) is 4.98 Å². The number of benzene rings is 1. The monoisotopic (exact) mass is 276 g/mol. The van der Waals surface area contributed by atoms with Gasteiger partial charge in [0.05, 0.1) is 5.69 Å². The Balaban J connectivity index is 2.40. The van der Waals surface area contributed by atoms with E-state index in [9.17, 15) is 0 Å². The van der Waals surface area contributed by atoms with Gasteiger partial charge in [-0.3, -0.25) is 0 Å². The number of hydrogen-bond acceptors (Lipinski definition) is 3. The van der Waals surface area contributed by atoms with Gasteiger partial charge in [-0.15, -0.1) is 0 Å². The first-order valence-corrected chi connectivity index (χ1v) is 6.55. The van der Waals surface area contributed by atoms with Crippen LogP contribution < -0.4 is 10.5 Å². The van der Waals surface area contributed by atoms with Gasteiger partial charge >= 0.3 is 0 Å². The summed E-state index contributed by atoms with van der Waals surface area (Å²) >= 11 is 6.23. The summed E-state index contributed by atoms with van der Waals surface area (Å²) in [5, 5.41) is 0.758. The standard InChI is InChI=1S/C15H17ClN2O/c1-9(2)11-8-14(10(3)7-12(11)16)19-15-13(17)5-4-6-18-15/h4-9H,17H2,1-3H3. The van der Waals surface area contributed by atoms with E-state index in [1.54, 1.807) is 18.3 Å². The van der Waals surface area contributed by atoms with Crippen LogP contribution in [0.15, 0.2) is 30.5 Å². The maximum absolute atomic E-state index is 6.23. The van der Waals surface area contributed by atoms with Crippen molar-refractivity contribution in [3.63, 3.8) is 0 Å². The quantitative estimate of drug-likeness (QED) is 0.895. The Hall–Kier alpha value is -1.74. The Bertz CT molecular complexity index is 597. The van der Waals surface area contributed by atoms with E-state index in [0.29, 0.717) is 17.5 Å². The number of aryl methyl sites for hydroxylation is 1.